The van der Waals surface area contributed by atoms with Gasteiger partial charge in [0.25, 0.3) is 5.91 Å². The molecule has 2 fully saturated rings. The second-order valence-corrected chi connectivity index (χ2v) is 8.00. The molecule has 0 spiro atoms. The number of rotatable bonds is 5. The van der Waals surface area contributed by atoms with Gasteiger partial charge in [-0.15, -0.1) is 0 Å². The van der Waals surface area contributed by atoms with Crippen molar-refractivity contribution in [2.75, 3.05) is 39.4 Å². The maximum absolute atomic E-state index is 12.7. The maximum atomic E-state index is 12.7. The van der Waals surface area contributed by atoms with E-state index >= 15 is 0 Å². The largest absolute Gasteiger partial charge is 0.457 e. The van der Waals surface area contributed by atoms with Crippen molar-refractivity contribution in [2.45, 2.75) is 6.42 Å². The standard InChI is InChI=1S/C19H20N2O3S2/c22-18-17(13-15-12-14-4-1-2-5-16(14)24-15)26-19(25)21(18)7-3-6-20-8-10-23-11-9-20/h1-2,4-5,12-13H,3,6-11H2. The number of nitrogens with zero attached hydrogens (tertiary/aromatic N) is 2. The van der Waals surface area contributed by atoms with Gasteiger partial charge in [-0.1, -0.05) is 42.2 Å². The number of thiocarbonyl (C=S) groups is 1. The van der Waals surface area contributed by atoms with Crippen molar-refractivity contribution in [3.8, 4) is 0 Å². The van der Waals surface area contributed by atoms with E-state index < -0.39 is 0 Å². The Bertz CT molecular complexity index is 822. The number of carbonyl (C=O) groups is 1. The summed E-state index contributed by atoms with van der Waals surface area (Å²) in [5.74, 6) is 0.655. The molecule has 0 radical (unpaired) electrons. The fourth-order valence-corrected chi connectivity index (χ4v) is 4.46. The topological polar surface area (TPSA) is 45.9 Å². The van der Waals surface area contributed by atoms with Crippen LogP contribution >= 0.6 is 24.0 Å². The molecule has 5 nitrogen and oxygen atoms in total. The predicted octanol–water partition coefficient (Wildman–Crippen LogP) is 3.36. The Morgan fingerprint density at radius 1 is 1.19 bits per heavy atom. The first-order valence-corrected chi connectivity index (χ1v) is 9.97. The molecule has 0 saturated carbocycles. The highest BCUT2D eigenvalue weighted by Crippen LogP contribution is 2.33. The predicted molar refractivity (Wildman–Crippen MR) is 108 cm³/mol. The van der Waals surface area contributed by atoms with Crippen molar-refractivity contribution in [1.29, 1.82) is 0 Å². The summed E-state index contributed by atoms with van der Waals surface area (Å²) < 4.78 is 11.8. The van der Waals surface area contributed by atoms with Crippen LogP contribution in [0.3, 0.4) is 0 Å². The molecule has 2 aliphatic rings. The van der Waals surface area contributed by atoms with E-state index in [1.165, 1.54) is 11.8 Å². The lowest BCUT2D eigenvalue weighted by Gasteiger charge is -2.27. The third-order valence-electron chi connectivity index (χ3n) is 4.55. The van der Waals surface area contributed by atoms with Gasteiger partial charge in [0.1, 0.15) is 15.7 Å². The van der Waals surface area contributed by atoms with E-state index in [9.17, 15) is 4.79 Å². The molecule has 26 heavy (non-hydrogen) atoms. The smallest absolute Gasteiger partial charge is 0.266 e. The molecule has 1 aromatic heterocycles. The number of benzene rings is 1. The van der Waals surface area contributed by atoms with Crippen LogP contribution < -0.4 is 0 Å². The van der Waals surface area contributed by atoms with Crippen molar-refractivity contribution in [3.63, 3.8) is 0 Å². The molecule has 0 N–H and O–H groups in total. The summed E-state index contributed by atoms with van der Waals surface area (Å²) in [4.78, 5) is 17.4. The number of hydrogen-bond acceptors (Lipinski definition) is 6. The summed E-state index contributed by atoms with van der Waals surface area (Å²) in [5, 5.41) is 1.03. The average molecular weight is 389 g/mol. The second-order valence-electron chi connectivity index (χ2n) is 6.33. The third-order valence-corrected chi connectivity index (χ3v) is 5.93. The van der Waals surface area contributed by atoms with E-state index in [0.717, 1.165) is 50.2 Å². The Morgan fingerprint density at radius 2 is 2.00 bits per heavy atom. The molecule has 3 heterocycles. The van der Waals surface area contributed by atoms with E-state index in [4.69, 9.17) is 21.4 Å². The van der Waals surface area contributed by atoms with Crippen LogP contribution in [-0.2, 0) is 9.53 Å². The van der Waals surface area contributed by atoms with Crippen molar-refractivity contribution >= 4 is 51.3 Å². The number of thioether (sulfide) groups is 1. The number of hydrogen-bond donors (Lipinski definition) is 0. The summed E-state index contributed by atoms with van der Waals surface area (Å²) in [7, 11) is 0. The minimum absolute atomic E-state index is 0.0255. The quantitative estimate of drug-likeness (QED) is 0.578. The normalized spacial score (nSPS) is 20.6. The van der Waals surface area contributed by atoms with E-state index in [2.05, 4.69) is 4.90 Å². The molecule has 2 aliphatic heterocycles. The zero-order valence-electron chi connectivity index (χ0n) is 14.3. The number of para-hydroxylation sites is 1. The Labute approximate surface area is 161 Å². The van der Waals surface area contributed by atoms with Crippen molar-refractivity contribution in [3.05, 3.63) is 41.0 Å². The van der Waals surface area contributed by atoms with Crippen LogP contribution in [0.15, 0.2) is 39.7 Å². The summed E-state index contributed by atoms with van der Waals surface area (Å²) in [6.07, 6.45) is 2.70. The highest BCUT2D eigenvalue weighted by atomic mass is 32.2. The molecule has 2 aromatic rings. The monoisotopic (exact) mass is 388 g/mol. The molecule has 7 heteroatoms. The zero-order chi connectivity index (χ0) is 17.9. The number of carbonyl (C=O) groups excluding carboxylic acids is 1. The number of ether oxygens (including phenoxy) is 1. The highest BCUT2D eigenvalue weighted by molar-refractivity contribution is 8.26. The number of fused-ring (bicyclic) bond motifs is 1. The zero-order valence-corrected chi connectivity index (χ0v) is 16.0. The van der Waals surface area contributed by atoms with Crippen LogP contribution in [0.25, 0.3) is 17.0 Å². The van der Waals surface area contributed by atoms with Gasteiger partial charge >= 0.3 is 0 Å². The molecular formula is C19H20N2O3S2. The molecule has 4 rings (SSSR count). The fraction of sp³-hybridized carbons (Fsp3) is 0.368. The molecule has 0 atom stereocenters. The second kappa shape index (κ2) is 7.92. The van der Waals surface area contributed by atoms with Crippen molar-refractivity contribution in [1.82, 2.24) is 9.80 Å². The van der Waals surface area contributed by atoms with Crippen molar-refractivity contribution < 1.29 is 13.9 Å². The Balaban J connectivity index is 1.39. The first-order chi connectivity index (χ1) is 12.7. The Hall–Kier alpha value is -1.67. The van der Waals surface area contributed by atoms with Gasteiger partial charge in [0.15, 0.2) is 0 Å². The summed E-state index contributed by atoms with van der Waals surface area (Å²) in [6, 6.07) is 9.76. The minimum Gasteiger partial charge on any atom is -0.457 e. The van der Waals surface area contributed by atoms with Crippen LogP contribution in [0.4, 0.5) is 0 Å². The number of morpholine rings is 1. The van der Waals surface area contributed by atoms with Gasteiger partial charge in [-0.2, -0.15) is 0 Å². The summed E-state index contributed by atoms with van der Waals surface area (Å²) >= 11 is 6.76. The molecule has 136 valence electrons. The van der Waals surface area contributed by atoms with Gasteiger partial charge in [-0.25, -0.2) is 0 Å². The number of furan rings is 1. The van der Waals surface area contributed by atoms with Crippen LogP contribution in [0.5, 0.6) is 0 Å². The Kier molecular flexibility index (Phi) is 5.40. The number of amides is 1. The Morgan fingerprint density at radius 3 is 2.81 bits per heavy atom. The summed E-state index contributed by atoms with van der Waals surface area (Å²) in [5.41, 5.74) is 0.819. The van der Waals surface area contributed by atoms with Crippen molar-refractivity contribution in [2.24, 2.45) is 0 Å². The molecule has 1 amide bonds. The molecule has 2 saturated heterocycles. The first kappa shape index (κ1) is 17.7. The lowest BCUT2D eigenvalue weighted by atomic mass is 10.2. The molecular weight excluding hydrogens is 368 g/mol. The van der Waals surface area contributed by atoms with E-state index in [1.54, 1.807) is 11.0 Å². The third kappa shape index (κ3) is 3.86. The van der Waals surface area contributed by atoms with Gasteiger partial charge in [-0.3, -0.25) is 14.6 Å². The van der Waals surface area contributed by atoms with E-state index in [-0.39, 0.29) is 5.91 Å². The SMILES string of the molecule is O=C1C(=Cc2cc3ccccc3o2)SC(=S)N1CCCN1CCOCC1. The maximum Gasteiger partial charge on any atom is 0.266 e. The average Bonchev–Trinajstić information content (AvgIpc) is 3.18. The molecule has 1 aromatic carbocycles. The van der Waals surface area contributed by atoms with Gasteiger partial charge in [0.2, 0.25) is 0 Å². The lowest BCUT2D eigenvalue weighted by Crippen LogP contribution is -2.38. The lowest BCUT2D eigenvalue weighted by molar-refractivity contribution is -0.122. The molecule has 0 unspecified atom stereocenters. The van der Waals surface area contributed by atoms with Crippen LogP contribution in [0.1, 0.15) is 12.2 Å². The molecule has 0 bridgehead atoms. The van der Waals surface area contributed by atoms with Gasteiger partial charge < -0.3 is 9.15 Å². The van der Waals surface area contributed by atoms with Crippen LogP contribution in [-0.4, -0.2) is 59.4 Å². The summed E-state index contributed by atoms with van der Waals surface area (Å²) in [6.45, 7) is 5.12. The minimum atomic E-state index is -0.0255. The first-order valence-electron chi connectivity index (χ1n) is 8.75. The van der Waals surface area contributed by atoms with Crippen LogP contribution in [0.2, 0.25) is 0 Å². The van der Waals surface area contributed by atoms with Gasteiger partial charge in [-0.05, 0) is 18.6 Å². The van der Waals surface area contributed by atoms with Crippen LogP contribution in [0, 0.1) is 0 Å². The van der Waals surface area contributed by atoms with E-state index in [0.29, 0.717) is 21.5 Å². The van der Waals surface area contributed by atoms with Gasteiger partial charge in [0.05, 0.1) is 18.1 Å². The van der Waals surface area contributed by atoms with Gasteiger partial charge in [0, 0.05) is 37.6 Å². The highest BCUT2D eigenvalue weighted by Gasteiger charge is 2.32. The fourth-order valence-electron chi connectivity index (χ4n) is 3.17. The van der Waals surface area contributed by atoms with E-state index in [1.807, 2.05) is 30.3 Å². The molecule has 0 aliphatic carbocycles.